The number of benzene rings is 1. The van der Waals surface area contributed by atoms with Crippen molar-refractivity contribution in [3.8, 4) is 5.75 Å². The molecule has 1 unspecified atom stereocenters. The van der Waals surface area contributed by atoms with E-state index in [9.17, 15) is 19.5 Å². The molecule has 3 rings (SSSR count). The number of halogens is 1. The normalized spacial score (nSPS) is 24.3. The summed E-state index contributed by atoms with van der Waals surface area (Å²) in [5, 5.41) is 14.4. The lowest BCUT2D eigenvalue weighted by Crippen LogP contribution is -2.49. The number of urea groups is 1. The standard InChI is InChI=1S/C13H12ClN3O4/c14-9-2-1-7(18)5-8(9)10(19)17-4-3-13(6-17)11(20)15-12(21)16-13/h1-2,5,18H,3-4,6H2,(H2,15,16,20,21). The summed E-state index contributed by atoms with van der Waals surface area (Å²) in [6.07, 6.45) is 0.340. The molecular formula is C13H12ClN3O4. The summed E-state index contributed by atoms with van der Waals surface area (Å²) in [5.74, 6) is -0.880. The van der Waals surface area contributed by atoms with E-state index >= 15 is 0 Å². The zero-order valence-corrected chi connectivity index (χ0v) is 11.6. The van der Waals surface area contributed by atoms with Crippen molar-refractivity contribution < 1.29 is 19.5 Å². The van der Waals surface area contributed by atoms with Crippen LogP contribution in [0.2, 0.25) is 5.02 Å². The molecule has 1 spiro atoms. The Morgan fingerprint density at radius 2 is 2.14 bits per heavy atom. The van der Waals surface area contributed by atoms with Crippen LogP contribution in [-0.2, 0) is 4.79 Å². The fourth-order valence-electron chi connectivity index (χ4n) is 2.65. The Bertz CT molecular complexity index is 663. The number of hydrogen-bond donors (Lipinski definition) is 3. The molecule has 8 heteroatoms. The van der Waals surface area contributed by atoms with Gasteiger partial charge in [0.25, 0.3) is 11.8 Å². The van der Waals surface area contributed by atoms with Gasteiger partial charge >= 0.3 is 6.03 Å². The third kappa shape index (κ3) is 2.19. The summed E-state index contributed by atoms with van der Waals surface area (Å²) in [6.45, 7) is 0.397. The number of nitrogens with one attached hydrogen (secondary N) is 2. The number of likely N-dealkylation sites (tertiary alicyclic amines) is 1. The van der Waals surface area contributed by atoms with Gasteiger partial charge in [-0.2, -0.15) is 0 Å². The van der Waals surface area contributed by atoms with Gasteiger partial charge < -0.3 is 15.3 Å². The topological polar surface area (TPSA) is 98.7 Å². The minimum Gasteiger partial charge on any atom is -0.508 e. The second-order valence-corrected chi connectivity index (χ2v) is 5.54. The number of amides is 4. The first kappa shape index (κ1) is 13.7. The zero-order chi connectivity index (χ0) is 15.2. The molecule has 7 nitrogen and oxygen atoms in total. The van der Waals surface area contributed by atoms with Crippen LogP contribution in [0.5, 0.6) is 5.75 Å². The van der Waals surface area contributed by atoms with E-state index in [0.717, 1.165) is 0 Å². The van der Waals surface area contributed by atoms with Gasteiger partial charge in [-0.25, -0.2) is 4.79 Å². The first-order chi connectivity index (χ1) is 9.91. The molecule has 2 aliphatic rings. The van der Waals surface area contributed by atoms with Gasteiger partial charge in [-0.1, -0.05) is 11.6 Å². The SMILES string of the molecule is O=C1NC(=O)C2(CCN(C(=O)c3cc(O)ccc3Cl)C2)N1. The average molecular weight is 310 g/mol. The van der Waals surface area contributed by atoms with Crippen molar-refractivity contribution in [2.45, 2.75) is 12.0 Å². The smallest absolute Gasteiger partial charge is 0.322 e. The maximum absolute atomic E-state index is 12.4. The van der Waals surface area contributed by atoms with Crippen molar-refractivity contribution >= 4 is 29.4 Å². The van der Waals surface area contributed by atoms with Gasteiger partial charge in [0.1, 0.15) is 11.3 Å². The number of rotatable bonds is 1. The van der Waals surface area contributed by atoms with Gasteiger partial charge in [0.15, 0.2) is 0 Å². The average Bonchev–Trinajstić information content (AvgIpc) is 2.97. The highest BCUT2D eigenvalue weighted by atomic mass is 35.5. The molecular weight excluding hydrogens is 298 g/mol. The van der Waals surface area contributed by atoms with E-state index in [2.05, 4.69) is 10.6 Å². The third-order valence-corrected chi connectivity index (χ3v) is 4.08. The minimum atomic E-state index is -1.06. The first-order valence-corrected chi connectivity index (χ1v) is 6.70. The molecule has 1 atom stereocenters. The number of phenols is 1. The highest BCUT2D eigenvalue weighted by Gasteiger charge is 2.51. The summed E-state index contributed by atoms with van der Waals surface area (Å²) in [7, 11) is 0. The molecule has 2 saturated heterocycles. The fourth-order valence-corrected chi connectivity index (χ4v) is 2.84. The van der Waals surface area contributed by atoms with Crippen LogP contribution in [0, 0.1) is 0 Å². The van der Waals surface area contributed by atoms with E-state index < -0.39 is 17.5 Å². The molecule has 0 bridgehead atoms. The molecule has 110 valence electrons. The first-order valence-electron chi connectivity index (χ1n) is 6.33. The third-order valence-electron chi connectivity index (χ3n) is 3.75. The summed E-state index contributed by atoms with van der Waals surface area (Å²) >= 11 is 5.96. The molecule has 0 radical (unpaired) electrons. The molecule has 0 aliphatic carbocycles. The van der Waals surface area contributed by atoms with E-state index in [0.29, 0.717) is 13.0 Å². The lowest BCUT2D eigenvalue weighted by Gasteiger charge is -2.21. The van der Waals surface area contributed by atoms with Gasteiger partial charge in [-0.15, -0.1) is 0 Å². The van der Waals surface area contributed by atoms with Gasteiger partial charge in [0.05, 0.1) is 17.1 Å². The largest absolute Gasteiger partial charge is 0.508 e. The molecule has 1 aromatic carbocycles. The Labute approximate surface area is 124 Å². The van der Waals surface area contributed by atoms with Crippen molar-refractivity contribution in [3.05, 3.63) is 28.8 Å². The molecule has 1 aromatic rings. The van der Waals surface area contributed by atoms with Gasteiger partial charge in [-0.3, -0.25) is 14.9 Å². The molecule has 2 heterocycles. The quantitative estimate of drug-likeness (QED) is 0.657. The number of aromatic hydroxyl groups is 1. The monoisotopic (exact) mass is 309 g/mol. The number of hydrogen-bond acceptors (Lipinski definition) is 4. The maximum Gasteiger partial charge on any atom is 0.322 e. The molecule has 0 aromatic heterocycles. The predicted octanol–water partition coefficient (Wildman–Crippen LogP) is 0.470. The Kier molecular flexibility index (Phi) is 3.02. The second kappa shape index (κ2) is 4.63. The maximum atomic E-state index is 12.4. The van der Waals surface area contributed by atoms with Crippen molar-refractivity contribution in [3.63, 3.8) is 0 Å². The highest BCUT2D eigenvalue weighted by Crippen LogP contribution is 2.28. The van der Waals surface area contributed by atoms with Crippen molar-refractivity contribution in [2.24, 2.45) is 0 Å². The van der Waals surface area contributed by atoms with E-state index in [4.69, 9.17) is 11.6 Å². The van der Waals surface area contributed by atoms with Crippen LogP contribution in [0.4, 0.5) is 4.79 Å². The van der Waals surface area contributed by atoms with Crippen LogP contribution in [0.3, 0.4) is 0 Å². The second-order valence-electron chi connectivity index (χ2n) is 5.13. The van der Waals surface area contributed by atoms with Gasteiger partial charge in [0.2, 0.25) is 0 Å². The lowest BCUT2D eigenvalue weighted by molar-refractivity contribution is -0.123. The minimum absolute atomic E-state index is 0.0661. The number of carbonyl (C=O) groups is 3. The van der Waals surface area contributed by atoms with E-state index in [-0.39, 0.29) is 28.8 Å². The molecule has 0 saturated carbocycles. The zero-order valence-electron chi connectivity index (χ0n) is 10.9. The Morgan fingerprint density at radius 1 is 1.38 bits per heavy atom. The van der Waals surface area contributed by atoms with Gasteiger partial charge in [-0.05, 0) is 24.6 Å². The fraction of sp³-hybridized carbons (Fsp3) is 0.308. The Hall–Kier alpha value is -2.28. The van der Waals surface area contributed by atoms with Gasteiger partial charge in [0, 0.05) is 6.54 Å². The number of imide groups is 1. The Balaban J connectivity index is 1.83. The van der Waals surface area contributed by atoms with E-state index in [1.807, 2.05) is 0 Å². The number of phenolic OH excluding ortho intramolecular Hbond substituents is 1. The van der Waals surface area contributed by atoms with Crippen LogP contribution in [-0.4, -0.2) is 46.5 Å². The number of nitrogens with zero attached hydrogens (tertiary/aromatic N) is 1. The van der Waals surface area contributed by atoms with Crippen LogP contribution in [0.15, 0.2) is 18.2 Å². The highest BCUT2D eigenvalue weighted by molar-refractivity contribution is 6.33. The number of carbonyl (C=O) groups excluding carboxylic acids is 3. The van der Waals surface area contributed by atoms with E-state index in [1.54, 1.807) is 0 Å². The van der Waals surface area contributed by atoms with Crippen LogP contribution in [0.25, 0.3) is 0 Å². The van der Waals surface area contributed by atoms with Crippen LogP contribution in [0.1, 0.15) is 16.8 Å². The van der Waals surface area contributed by atoms with Crippen LogP contribution >= 0.6 is 11.6 Å². The molecule has 21 heavy (non-hydrogen) atoms. The molecule has 2 fully saturated rings. The summed E-state index contributed by atoms with van der Waals surface area (Å²) in [5.41, 5.74) is -0.894. The summed E-state index contributed by atoms with van der Waals surface area (Å²) in [6, 6.07) is 3.54. The molecule has 2 aliphatic heterocycles. The predicted molar refractivity (Wildman–Crippen MR) is 73.0 cm³/mol. The van der Waals surface area contributed by atoms with Crippen molar-refractivity contribution in [1.82, 2.24) is 15.5 Å². The molecule has 4 amide bonds. The van der Waals surface area contributed by atoms with Crippen molar-refractivity contribution in [1.29, 1.82) is 0 Å². The lowest BCUT2D eigenvalue weighted by atomic mass is 9.99. The summed E-state index contributed by atoms with van der Waals surface area (Å²) in [4.78, 5) is 37.0. The summed E-state index contributed by atoms with van der Waals surface area (Å²) < 4.78 is 0. The van der Waals surface area contributed by atoms with Crippen molar-refractivity contribution in [2.75, 3.05) is 13.1 Å². The van der Waals surface area contributed by atoms with Crippen LogP contribution < -0.4 is 10.6 Å². The Morgan fingerprint density at radius 3 is 2.81 bits per heavy atom. The van der Waals surface area contributed by atoms with E-state index in [1.165, 1.54) is 23.1 Å². The molecule has 3 N–H and O–H groups in total.